The highest BCUT2D eigenvalue weighted by atomic mass is 35.5. The van der Waals surface area contributed by atoms with Gasteiger partial charge < -0.3 is 10.1 Å². The molecule has 3 nitrogen and oxygen atoms in total. The minimum Gasteiger partial charge on any atom is -0.488 e. The Morgan fingerprint density at radius 3 is 3.21 bits per heavy atom. The lowest BCUT2D eigenvalue weighted by Gasteiger charge is -2.10. The van der Waals surface area contributed by atoms with E-state index in [2.05, 4.69) is 15.7 Å². The Balaban J connectivity index is 1.51. The van der Waals surface area contributed by atoms with E-state index < -0.39 is 0 Å². The zero-order valence-electron chi connectivity index (χ0n) is 10.6. The summed E-state index contributed by atoms with van der Waals surface area (Å²) in [6.45, 7) is 3.64. The van der Waals surface area contributed by atoms with Crippen molar-refractivity contribution in [2.24, 2.45) is 0 Å². The summed E-state index contributed by atoms with van der Waals surface area (Å²) < 4.78 is 5.87. The van der Waals surface area contributed by atoms with E-state index in [1.165, 1.54) is 5.56 Å². The molecule has 5 heteroatoms. The molecular weight excluding hydrogens is 280 g/mol. The minimum absolute atomic E-state index is 0.189. The van der Waals surface area contributed by atoms with Gasteiger partial charge in [0.25, 0.3) is 0 Å². The molecule has 1 aliphatic heterocycles. The average molecular weight is 295 g/mol. The first-order valence-electron chi connectivity index (χ1n) is 6.27. The molecule has 0 spiro atoms. The fraction of sp³-hybridized carbons (Fsp3) is 0.357. The Hall–Kier alpha value is -1.10. The number of hydrogen-bond donors (Lipinski definition) is 1. The Labute approximate surface area is 121 Å². The number of aromatic nitrogens is 1. The summed E-state index contributed by atoms with van der Waals surface area (Å²) in [6.07, 6.45) is 1.11. The smallest absolute Gasteiger partial charge is 0.123 e. The fourth-order valence-corrected chi connectivity index (χ4v) is 3.16. The molecule has 1 atom stereocenters. The molecule has 3 rings (SSSR count). The lowest BCUT2D eigenvalue weighted by molar-refractivity contribution is 0.227. The maximum atomic E-state index is 5.98. The minimum atomic E-state index is 0.189. The Morgan fingerprint density at radius 1 is 1.53 bits per heavy atom. The fourth-order valence-electron chi connectivity index (χ4n) is 2.23. The van der Waals surface area contributed by atoms with Crippen LogP contribution >= 0.6 is 22.9 Å². The predicted octanol–water partition coefficient (Wildman–Crippen LogP) is 3.20. The van der Waals surface area contributed by atoms with Gasteiger partial charge in [-0.05, 0) is 30.7 Å². The molecule has 1 aromatic carbocycles. The number of aryl methyl sites for hydroxylation is 1. The van der Waals surface area contributed by atoms with Crippen LogP contribution in [0.3, 0.4) is 0 Å². The second-order valence-corrected chi connectivity index (χ2v) is 6.09. The van der Waals surface area contributed by atoms with E-state index in [1.54, 1.807) is 11.3 Å². The van der Waals surface area contributed by atoms with Crippen LogP contribution in [0.5, 0.6) is 5.75 Å². The lowest BCUT2D eigenvalue weighted by atomic mass is 10.1. The van der Waals surface area contributed by atoms with Crippen molar-refractivity contribution in [3.8, 4) is 5.75 Å². The number of hydrogen-bond acceptors (Lipinski definition) is 4. The Bertz CT molecular complexity index is 585. The van der Waals surface area contributed by atoms with Crippen molar-refractivity contribution in [1.29, 1.82) is 0 Å². The summed E-state index contributed by atoms with van der Waals surface area (Å²) in [6, 6.07) is 5.80. The highest BCUT2D eigenvalue weighted by Crippen LogP contribution is 2.30. The monoisotopic (exact) mass is 294 g/mol. The van der Waals surface area contributed by atoms with Crippen LogP contribution in [-0.2, 0) is 13.0 Å². The van der Waals surface area contributed by atoms with Crippen LogP contribution in [0.4, 0.5) is 0 Å². The normalized spacial score (nSPS) is 17.3. The molecule has 0 saturated heterocycles. The molecule has 2 heterocycles. The summed E-state index contributed by atoms with van der Waals surface area (Å²) >= 11 is 7.67. The standard InChI is InChI=1S/C14H15ClN2OS/c1-9-8-19-14(17-9)7-16-6-12-5-10-4-11(15)2-3-13(10)18-12/h2-4,8,12,16H,5-7H2,1H3. The number of thiazole rings is 1. The number of benzene rings is 1. The summed E-state index contributed by atoms with van der Waals surface area (Å²) in [7, 11) is 0. The SMILES string of the molecule is Cc1csc(CNCC2Cc3cc(Cl)ccc3O2)n1. The van der Waals surface area contributed by atoms with E-state index >= 15 is 0 Å². The quantitative estimate of drug-likeness (QED) is 0.940. The molecule has 0 aliphatic carbocycles. The number of fused-ring (bicyclic) bond motifs is 1. The van der Waals surface area contributed by atoms with Gasteiger partial charge >= 0.3 is 0 Å². The molecule has 19 heavy (non-hydrogen) atoms. The van der Waals surface area contributed by atoms with Crippen molar-refractivity contribution >= 4 is 22.9 Å². The van der Waals surface area contributed by atoms with Crippen molar-refractivity contribution in [2.45, 2.75) is 26.0 Å². The maximum absolute atomic E-state index is 5.98. The topological polar surface area (TPSA) is 34.1 Å². The molecular formula is C14H15ClN2OS. The highest BCUT2D eigenvalue weighted by molar-refractivity contribution is 7.09. The molecule has 0 radical (unpaired) electrons. The maximum Gasteiger partial charge on any atom is 0.123 e. The van der Waals surface area contributed by atoms with E-state index in [1.807, 2.05) is 25.1 Å². The van der Waals surface area contributed by atoms with E-state index in [9.17, 15) is 0 Å². The van der Waals surface area contributed by atoms with Gasteiger partial charge in [0.15, 0.2) is 0 Å². The van der Waals surface area contributed by atoms with Crippen LogP contribution < -0.4 is 10.1 Å². The third-order valence-corrected chi connectivity index (χ3v) is 4.28. The van der Waals surface area contributed by atoms with Crippen LogP contribution in [0.1, 0.15) is 16.3 Å². The molecule has 1 aliphatic rings. The van der Waals surface area contributed by atoms with Crippen molar-refractivity contribution in [3.05, 3.63) is 44.9 Å². The van der Waals surface area contributed by atoms with Crippen LogP contribution in [0.25, 0.3) is 0 Å². The van der Waals surface area contributed by atoms with Gasteiger partial charge in [0.1, 0.15) is 16.9 Å². The summed E-state index contributed by atoms with van der Waals surface area (Å²) in [5.74, 6) is 0.960. The van der Waals surface area contributed by atoms with Gasteiger partial charge in [0, 0.05) is 35.6 Å². The molecule has 1 N–H and O–H groups in total. The molecule has 1 aromatic heterocycles. The summed E-state index contributed by atoms with van der Waals surface area (Å²) in [5.41, 5.74) is 2.28. The molecule has 0 saturated carbocycles. The van der Waals surface area contributed by atoms with Gasteiger partial charge in [0.2, 0.25) is 0 Å². The predicted molar refractivity (Wildman–Crippen MR) is 78.1 cm³/mol. The number of nitrogens with zero attached hydrogens (tertiary/aromatic N) is 1. The summed E-state index contributed by atoms with van der Waals surface area (Å²) in [4.78, 5) is 4.42. The largest absolute Gasteiger partial charge is 0.488 e. The molecule has 0 bridgehead atoms. The zero-order chi connectivity index (χ0) is 13.2. The van der Waals surface area contributed by atoms with E-state index in [0.29, 0.717) is 0 Å². The van der Waals surface area contributed by atoms with Crippen LogP contribution in [0.15, 0.2) is 23.6 Å². The third-order valence-electron chi connectivity index (χ3n) is 3.08. The number of halogens is 1. The van der Waals surface area contributed by atoms with Crippen LogP contribution in [-0.4, -0.2) is 17.6 Å². The molecule has 0 amide bonds. The third kappa shape index (κ3) is 3.08. The number of rotatable bonds is 4. The Kier molecular flexibility index (Phi) is 3.73. The average Bonchev–Trinajstić information content (AvgIpc) is 2.95. The second-order valence-electron chi connectivity index (χ2n) is 4.71. The van der Waals surface area contributed by atoms with Crippen molar-refractivity contribution < 1.29 is 4.74 Å². The van der Waals surface area contributed by atoms with E-state index in [-0.39, 0.29) is 6.10 Å². The van der Waals surface area contributed by atoms with Crippen molar-refractivity contribution in [1.82, 2.24) is 10.3 Å². The van der Waals surface area contributed by atoms with Gasteiger partial charge in [-0.15, -0.1) is 11.3 Å². The van der Waals surface area contributed by atoms with Crippen LogP contribution in [0, 0.1) is 6.92 Å². The number of nitrogens with one attached hydrogen (secondary N) is 1. The summed E-state index contributed by atoms with van der Waals surface area (Å²) in [5, 5.41) is 7.36. The first-order valence-corrected chi connectivity index (χ1v) is 7.53. The first-order chi connectivity index (χ1) is 9.20. The van der Waals surface area contributed by atoms with Gasteiger partial charge in [0.05, 0.1) is 0 Å². The second kappa shape index (κ2) is 5.49. The molecule has 100 valence electrons. The molecule has 0 fully saturated rings. The molecule has 1 unspecified atom stereocenters. The van der Waals surface area contributed by atoms with Gasteiger partial charge in [-0.1, -0.05) is 11.6 Å². The highest BCUT2D eigenvalue weighted by Gasteiger charge is 2.22. The molecule has 2 aromatic rings. The van der Waals surface area contributed by atoms with Crippen molar-refractivity contribution in [3.63, 3.8) is 0 Å². The first kappa shape index (κ1) is 12.9. The lowest BCUT2D eigenvalue weighted by Crippen LogP contribution is -2.29. The van der Waals surface area contributed by atoms with Gasteiger partial charge in [-0.25, -0.2) is 4.98 Å². The zero-order valence-corrected chi connectivity index (χ0v) is 12.2. The van der Waals surface area contributed by atoms with Gasteiger partial charge in [-0.3, -0.25) is 0 Å². The van der Waals surface area contributed by atoms with Crippen molar-refractivity contribution in [2.75, 3.05) is 6.54 Å². The van der Waals surface area contributed by atoms with E-state index in [4.69, 9.17) is 16.3 Å². The van der Waals surface area contributed by atoms with Gasteiger partial charge in [-0.2, -0.15) is 0 Å². The van der Waals surface area contributed by atoms with E-state index in [0.717, 1.165) is 41.0 Å². The van der Waals surface area contributed by atoms with Crippen LogP contribution in [0.2, 0.25) is 5.02 Å². The number of ether oxygens (including phenoxy) is 1. The Morgan fingerprint density at radius 2 is 2.42 bits per heavy atom.